The fourth-order valence-electron chi connectivity index (χ4n) is 1.37. The second kappa shape index (κ2) is 5.07. The van der Waals surface area contributed by atoms with Crippen molar-refractivity contribution in [2.75, 3.05) is 6.61 Å². The zero-order valence-electron chi connectivity index (χ0n) is 11.6. The Hall–Kier alpha value is -1.40. The van der Waals surface area contributed by atoms with Gasteiger partial charge in [-0.1, -0.05) is 13.8 Å². The van der Waals surface area contributed by atoms with Crippen LogP contribution in [0.15, 0.2) is 12.5 Å². The first-order valence-electron chi connectivity index (χ1n) is 5.75. The molecule has 102 valence electrons. The van der Waals surface area contributed by atoms with Gasteiger partial charge in [-0.25, -0.2) is 20.2 Å². The molecule has 0 radical (unpaired) electrons. The molecule has 0 spiro atoms. The van der Waals surface area contributed by atoms with Crippen LogP contribution in [0.3, 0.4) is 0 Å². The summed E-state index contributed by atoms with van der Waals surface area (Å²) in [7, 11) is 0. The van der Waals surface area contributed by atoms with Crippen LogP contribution >= 0.6 is 0 Å². The van der Waals surface area contributed by atoms with Gasteiger partial charge in [-0.3, -0.25) is 0 Å². The minimum atomic E-state index is -0.530. The van der Waals surface area contributed by atoms with E-state index < -0.39 is 11.7 Å². The monoisotopic (exact) mass is 255 g/mol. The number of hydrogen-bond acceptors (Lipinski definition) is 5. The van der Waals surface area contributed by atoms with Crippen LogP contribution in [0, 0.1) is 0 Å². The van der Waals surface area contributed by atoms with Crippen LogP contribution in [0.2, 0.25) is 0 Å². The van der Waals surface area contributed by atoms with E-state index in [0.717, 1.165) is 5.69 Å². The normalized spacial score (nSPS) is 12.6. The summed E-state index contributed by atoms with van der Waals surface area (Å²) >= 11 is 0. The lowest BCUT2D eigenvalue weighted by atomic mass is 9.91. The first-order chi connectivity index (χ1) is 8.15. The summed E-state index contributed by atoms with van der Waals surface area (Å²) < 4.78 is 6.56. The van der Waals surface area contributed by atoms with Crippen LogP contribution in [-0.2, 0) is 15.0 Å². The highest BCUT2D eigenvalue weighted by Gasteiger charge is 2.25. The molecule has 1 heterocycles. The van der Waals surface area contributed by atoms with E-state index in [1.807, 2.05) is 34.6 Å². The van der Waals surface area contributed by atoms with Crippen LogP contribution in [0.5, 0.6) is 0 Å². The maximum atomic E-state index is 11.8. The molecule has 1 aromatic heterocycles. The van der Waals surface area contributed by atoms with Gasteiger partial charge in [-0.15, -0.1) is 0 Å². The minimum absolute atomic E-state index is 0.318. The molecule has 2 N–H and O–H groups in total. The smallest absolute Gasteiger partial charge is 0.419 e. The lowest BCUT2D eigenvalue weighted by molar-refractivity contribution is 0.0536. The summed E-state index contributed by atoms with van der Waals surface area (Å²) in [5, 5.41) is 0. The molecule has 0 fully saturated rings. The second-order valence-electron chi connectivity index (χ2n) is 5.84. The number of ether oxygens (including phenoxy) is 1. The quantitative estimate of drug-likeness (QED) is 0.833. The predicted molar refractivity (Wildman–Crippen MR) is 67.0 cm³/mol. The standard InChI is InChI=1S/C12H21N3O3/c1-11(2,3)18-10(16)15-6-9(14-8-15)12(4,5)7-17-13/h6,8H,7,13H2,1-5H3. The third-order valence-electron chi connectivity index (χ3n) is 2.32. The average molecular weight is 255 g/mol. The Kier molecular flexibility index (Phi) is 4.13. The van der Waals surface area contributed by atoms with Gasteiger partial charge in [0.1, 0.15) is 11.9 Å². The summed E-state index contributed by atoms with van der Waals surface area (Å²) in [4.78, 5) is 20.6. The summed E-state index contributed by atoms with van der Waals surface area (Å²) in [6.45, 7) is 9.63. The van der Waals surface area contributed by atoms with Gasteiger partial charge in [0.25, 0.3) is 0 Å². The van der Waals surface area contributed by atoms with Gasteiger partial charge in [-0.05, 0) is 20.8 Å². The average Bonchev–Trinajstić information content (AvgIpc) is 2.63. The molecule has 0 bridgehead atoms. The highest BCUT2D eigenvalue weighted by molar-refractivity contribution is 5.70. The van der Waals surface area contributed by atoms with Gasteiger partial charge >= 0.3 is 6.09 Å². The van der Waals surface area contributed by atoms with Crippen molar-refractivity contribution in [3.8, 4) is 0 Å². The molecule has 0 aliphatic carbocycles. The van der Waals surface area contributed by atoms with Gasteiger partial charge in [0.2, 0.25) is 0 Å². The van der Waals surface area contributed by atoms with E-state index in [0.29, 0.717) is 6.61 Å². The van der Waals surface area contributed by atoms with Gasteiger partial charge in [-0.2, -0.15) is 0 Å². The Balaban J connectivity index is 2.84. The highest BCUT2D eigenvalue weighted by atomic mass is 16.6. The van der Waals surface area contributed by atoms with E-state index in [2.05, 4.69) is 9.82 Å². The molecule has 18 heavy (non-hydrogen) atoms. The lowest BCUT2D eigenvalue weighted by Crippen LogP contribution is -2.28. The van der Waals surface area contributed by atoms with E-state index in [9.17, 15) is 4.79 Å². The van der Waals surface area contributed by atoms with Crippen molar-refractivity contribution in [1.82, 2.24) is 9.55 Å². The zero-order chi connectivity index (χ0) is 14.0. The van der Waals surface area contributed by atoms with Crippen LogP contribution in [0.4, 0.5) is 4.79 Å². The minimum Gasteiger partial charge on any atom is -0.443 e. The fourth-order valence-corrected chi connectivity index (χ4v) is 1.37. The predicted octanol–water partition coefficient (Wildman–Crippen LogP) is 1.83. The van der Waals surface area contributed by atoms with Crippen LogP contribution < -0.4 is 5.90 Å². The van der Waals surface area contributed by atoms with E-state index in [4.69, 9.17) is 10.6 Å². The molecule has 0 saturated heterocycles. The maximum Gasteiger partial charge on any atom is 0.419 e. The van der Waals surface area contributed by atoms with Gasteiger partial charge in [0, 0.05) is 11.6 Å². The van der Waals surface area contributed by atoms with E-state index >= 15 is 0 Å². The molecule has 1 aromatic rings. The number of nitrogens with two attached hydrogens (primary N) is 1. The third-order valence-corrected chi connectivity index (χ3v) is 2.32. The topological polar surface area (TPSA) is 79.4 Å². The molecule has 6 heteroatoms. The molecule has 0 aliphatic heterocycles. The molecule has 1 rings (SSSR count). The molecule has 6 nitrogen and oxygen atoms in total. The van der Waals surface area contributed by atoms with E-state index in [1.54, 1.807) is 6.20 Å². The number of rotatable bonds is 3. The molecule has 0 unspecified atom stereocenters. The summed E-state index contributed by atoms with van der Waals surface area (Å²) in [5.74, 6) is 5.08. The van der Waals surface area contributed by atoms with Crippen molar-refractivity contribution in [1.29, 1.82) is 0 Å². The first-order valence-corrected chi connectivity index (χ1v) is 5.75. The Labute approximate surface area is 107 Å². The molecular weight excluding hydrogens is 234 g/mol. The summed E-state index contributed by atoms with van der Waals surface area (Å²) in [5.41, 5.74) is -0.168. The largest absolute Gasteiger partial charge is 0.443 e. The molecule has 0 aromatic carbocycles. The Morgan fingerprint density at radius 2 is 2.00 bits per heavy atom. The molecule has 0 amide bonds. The van der Waals surface area contributed by atoms with Crippen LogP contribution in [0.25, 0.3) is 0 Å². The molecular formula is C12H21N3O3. The van der Waals surface area contributed by atoms with Crippen molar-refractivity contribution < 1.29 is 14.4 Å². The number of nitrogens with zero attached hydrogens (tertiary/aromatic N) is 2. The van der Waals surface area contributed by atoms with Crippen molar-refractivity contribution in [3.63, 3.8) is 0 Å². The Bertz CT molecular complexity index is 418. The van der Waals surface area contributed by atoms with Gasteiger partial charge < -0.3 is 9.57 Å². The Morgan fingerprint density at radius 1 is 1.39 bits per heavy atom. The number of hydrogen-bond donors (Lipinski definition) is 1. The SMILES string of the molecule is CC(C)(C)OC(=O)n1cnc(C(C)(C)CON)c1. The lowest BCUT2D eigenvalue weighted by Gasteiger charge is -2.20. The van der Waals surface area contributed by atoms with Gasteiger partial charge in [0.15, 0.2) is 0 Å². The van der Waals surface area contributed by atoms with Crippen molar-refractivity contribution >= 4 is 6.09 Å². The highest BCUT2D eigenvalue weighted by Crippen LogP contribution is 2.21. The van der Waals surface area contributed by atoms with Crippen molar-refractivity contribution in [3.05, 3.63) is 18.2 Å². The summed E-state index contributed by atoms with van der Waals surface area (Å²) in [6.07, 6.45) is 2.61. The number of carbonyl (C=O) groups excluding carboxylic acids is 1. The first kappa shape index (κ1) is 14.7. The van der Waals surface area contributed by atoms with Crippen molar-refractivity contribution in [2.45, 2.75) is 45.6 Å². The number of carbonyl (C=O) groups is 1. The molecule has 0 aliphatic rings. The van der Waals surface area contributed by atoms with E-state index in [-0.39, 0.29) is 5.41 Å². The van der Waals surface area contributed by atoms with Crippen LogP contribution in [0.1, 0.15) is 40.3 Å². The van der Waals surface area contributed by atoms with Crippen LogP contribution in [-0.4, -0.2) is 27.9 Å². The fraction of sp³-hybridized carbons (Fsp3) is 0.667. The van der Waals surface area contributed by atoms with Gasteiger partial charge in [0.05, 0.1) is 12.3 Å². The number of aromatic nitrogens is 2. The zero-order valence-corrected chi connectivity index (χ0v) is 11.6. The third kappa shape index (κ3) is 3.82. The van der Waals surface area contributed by atoms with Crippen molar-refractivity contribution in [2.24, 2.45) is 5.90 Å². The molecule has 0 atom stereocenters. The van der Waals surface area contributed by atoms with E-state index in [1.165, 1.54) is 10.9 Å². The summed E-state index contributed by atoms with van der Waals surface area (Å²) in [6, 6.07) is 0. The number of imidazole rings is 1. The maximum absolute atomic E-state index is 11.8. The molecule has 0 saturated carbocycles. The second-order valence-corrected chi connectivity index (χ2v) is 5.84. The Morgan fingerprint density at radius 3 is 2.50 bits per heavy atom.